The number of para-hydroxylation sites is 2. The van der Waals surface area contributed by atoms with Gasteiger partial charge in [-0.05, 0) is 97.4 Å². The van der Waals surface area contributed by atoms with E-state index in [1.165, 1.54) is 82.4 Å². The number of hydrogen-bond donors (Lipinski definition) is 0. The molecule has 42 heavy (non-hydrogen) atoms. The zero-order valence-corrected chi connectivity index (χ0v) is 23.7. The zero-order chi connectivity index (χ0) is 28.0. The lowest BCUT2D eigenvalue weighted by Crippen LogP contribution is -2.14. The number of nitrogens with zero attached hydrogens (tertiary/aromatic N) is 1. The molecule has 0 atom stereocenters. The first-order chi connectivity index (χ1) is 20.6. The van der Waals surface area contributed by atoms with Crippen molar-refractivity contribution in [1.29, 1.82) is 0 Å². The van der Waals surface area contributed by atoms with Crippen molar-refractivity contribution >= 4 is 43.4 Å². The Morgan fingerprint density at radius 1 is 0.429 bits per heavy atom. The minimum Gasteiger partial charge on any atom is -0.309 e. The monoisotopic (exact) mass is 535 g/mol. The van der Waals surface area contributed by atoms with Crippen LogP contribution in [0.15, 0.2) is 140 Å². The fourth-order valence-electron chi connectivity index (χ4n) is 7.54. The summed E-state index contributed by atoms with van der Waals surface area (Å²) < 4.78 is 2.41. The van der Waals surface area contributed by atoms with E-state index in [0.29, 0.717) is 0 Å². The quantitative estimate of drug-likeness (QED) is 0.194. The molecule has 1 nitrogen and oxygen atoms in total. The van der Waals surface area contributed by atoms with Crippen molar-refractivity contribution < 1.29 is 0 Å². The molecule has 7 aromatic carbocycles. The summed E-state index contributed by atoms with van der Waals surface area (Å²) in [5.74, 6) is 0. The summed E-state index contributed by atoms with van der Waals surface area (Å²) in [6.45, 7) is 4.72. The van der Waals surface area contributed by atoms with E-state index in [1.807, 2.05) is 0 Å². The van der Waals surface area contributed by atoms with E-state index in [-0.39, 0.29) is 5.41 Å². The van der Waals surface area contributed by atoms with E-state index < -0.39 is 0 Å². The highest BCUT2D eigenvalue weighted by molar-refractivity contribution is 6.20. The smallest absolute Gasteiger partial charge is 0.0547 e. The molecule has 0 unspecified atom stereocenters. The van der Waals surface area contributed by atoms with E-state index in [9.17, 15) is 0 Å². The topological polar surface area (TPSA) is 4.93 Å². The van der Waals surface area contributed by atoms with Crippen LogP contribution in [0.4, 0.5) is 0 Å². The van der Waals surface area contributed by atoms with Gasteiger partial charge in [-0.2, -0.15) is 0 Å². The van der Waals surface area contributed by atoms with Crippen molar-refractivity contribution in [1.82, 2.24) is 4.57 Å². The Hall–Kier alpha value is -5.14. The normalized spacial score (nSPS) is 13.7. The standard InChI is InChI=1S/C41H29N/c1-41(2)37-18-10-8-16-31(37)32-21-20-26(24-38(32)41)34-22-27-23-36-33-17-9-11-19-39(33)42(28-12-4-3-5-13-28)40(36)25-35(27)30-15-7-6-14-29(30)34/h3-25H,1-2H3. The van der Waals surface area contributed by atoms with E-state index in [2.05, 4.69) is 158 Å². The molecule has 9 rings (SSSR count). The Morgan fingerprint density at radius 3 is 1.98 bits per heavy atom. The summed E-state index contributed by atoms with van der Waals surface area (Å²) >= 11 is 0. The maximum atomic E-state index is 2.45. The Bertz CT molecular complexity index is 2370. The van der Waals surface area contributed by atoms with Crippen molar-refractivity contribution in [2.24, 2.45) is 0 Å². The van der Waals surface area contributed by atoms with Crippen LogP contribution in [-0.2, 0) is 5.41 Å². The van der Waals surface area contributed by atoms with Gasteiger partial charge in [0.05, 0.1) is 11.0 Å². The molecule has 1 heteroatoms. The van der Waals surface area contributed by atoms with Gasteiger partial charge in [-0.3, -0.25) is 0 Å². The van der Waals surface area contributed by atoms with Crippen LogP contribution < -0.4 is 0 Å². The molecule has 1 aliphatic rings. The lowest BCUT2D eigenvalue weighted by Gasteiger charge is -2.22. The molecule has 1 aliphatic carbocycles. The highest BCUT2D eigenvalue weighted by Crippen LogP contribution is 2.50. The number of aromatic nitrogens is 1. The van der Waals surface area contributed by atoms with Crippen LogP contribution in [0.25, 0.3) is 71.3 Å². The molecule has 0 saturated carbocycles. The summed E-state index contributed by atoms with van der Waals surface area (Å²) in [5, 5.41) is 7.71. The van der Waals surface area contributed by atoms with Crippen LogP contribution in [0.3, 0.4) is 0 Å². The molecule has 198 valence electrons. The zero-order valence-electron chi connectivity index (χ0n) is 23.7. The summed E-state index contributed by atoms with van der Waals surface area (Å²) in [4.78, 5) is 0. The largest absolute Gasteiger partial charge is 0.309 e. The van der Waals surface area contributed by atoms with Gasteiger partial charge < -0.3 is 4.57 Å². The maximum absolute atomic E-state index is 2.45. The van der Waals surface area contributed by atoms with Gasteiger partial charge >= 0.3 is 0 Å². The molecular formula is C41H29N. The molecule has 1 aromatic heterocycles. The van der Waals surface area contributed by atoms with Crippen LogP contribution in [0.5, 0.6) is 0 Å². The molecule has 0 spiro atoms. The first kappa shape index (κ1) is 23.6. The van der Waals surface area contributed by atoms with Crippen molar-refractivity contribution in [2.75, 3.05) is 0 Å². The van der Waals surface area contributed by atoms with Gasteiger partial charge in [0.25, 0.3) is 0 Å². The Balaban J connectivity index is 1.34. The highest BCUT2D eigenvalue weighted by Gasteiger charge is 2.35. The number of fused-ring (bicyclic) bond motifs is 9. The second-order valence-corrected chi connectivity index (χ2v) is 12.2. The third-order valence-electron chi connectivity index (χ3n) is 9.56. The van der Waals surface area contributed by atoms with Crippen molar-refractivity contribution in [3.05, 3.63) is 151 Å². The highest BCUT2D eigenvalue weighted by atomic mass is 15.0. The van der Waals surface area contributed by atoms with Crippen molar-refractivity contribution in [3.63, 3.8) is 0 Å². The van der Waals surface area contributed by atoms with E-state index >= 15 is 0 Å². The van der Waals surface area contributed by atoms with Gasteiger partial charge in [-0.1, -0.05) is 111 Å². The molecule has 0 amide bonds. The predicted molar refractivity (Wildman–Crippen MR) is 179 cm³/mol. The van der Waals surface area contributed by atoms with Gasteiger partial charge in [0.15, 0.2) is 0 Å². The molecule has 0 saturated heterocycles. The van der Waals surface area contributed by atoms with Crippen LogP contribution in [0, 0.1) is 0 Å². The van der Waals surface area contributed by atoms with Crippen molar-refractivity contribution in [3.8, 4) is 27.9 Å². The fourth-order valence-corrected chi connectivity index (χ4v) is 7.54. The van der Waals surface area contributed by atoms with Crippen LogP contribution >= 0.6 is 0 Å². The molecule has 8 aromatic rings. The molecule has 0 N–H and O–H groups in total. The molecular weight excluding hydrogens is 506 g/mol. The van der Waals surface area contributed by atoms with Gasteiger partial charge in [0.2, 0.25) is 0 Å². The minimum atomic E-state index is -0.0278. The number of rotatable bonds is 2. The number of hydrogen-bond acceptors (Lipinski definition) is 0. The number of benzene rings is 7. The van der Waals surface area contributed by atoms with Crippen LogP contribution in [-0.4, -0.2) is 4.57 Å². The van der Waals surface area contributed by atoms with Crippen molar-refractivity contribution in [2.45, 2.75) is 19.3 Å². The Kier molecular flexibility index (Phi) is 4.73. The first-order valence-corrected chi connectivity index (χ1v) is 14.8. The maximum Gasteiger partial charge on any atom is 0.0547 e. The summed E-state index contributed by atoms with van der Waals surface area (Å²) in [5.41, 5.74) is 11.8. The van der Waals surface area contributed by atoms with E-state index in [4.69, 9.17) is 0 Å². The van der Waals surface area contributed by atoms with Crippen LogP contribution in [0.1, 0.15) is 25.0 Å². The van der Waals surface area contributed by atoms with Gasteiger partial charge in [-0.15, -0.1) is 0 Å². The average Bonchev–Trinajstić information content (AvgIpc) is 3.48. The minimum absolute atomic E-state index is 0.0278. The molecule has 1 heterocycles. The Labute approximate surface area is 245 Å². The SMILES string of the molecule is CC1(C)c2ccccc2-c2ccc(-c3cc4cc5c6ccccc6n(-c6ccccc6)c5cc4c4ccccc34)cc21. The second kappa shape index (κ2) is 8.44. The van der Waals surface area contributed by atoms with E-state index in [0.717, 1.165) is 0 Å². The fraction of sp³-hybridized carbons (Fsp3) is 0.0732. The second-order valence-electron chi connectivity index (χ2n) is 12.2. The first-order valence-electron chi connectivity index (χ1n) is 14.8. The lowest BCUT2D eigenvalue weighted by molar-refractivity contribution is 0.660. The summed E-state index contributed by atoms with van der Waals surface area (Å²) in [6.07, 6.45) is 0. The third-order valence-corrected chi connectivity index (χ3v) is 9.56. The molecule has 0 radical (unpaired) electrons. The summed E-state index contributed by atoms with van der Waals surface area (Å²) in [6, 6.07) is 51.7. The third kappa shape index (κ3) is 3.14. The summed E-state index contributed by atoms with van der Waals surface area (Å²) in [7, 11) is 0. The van der Waals surface area contributed by atoms with Gasteiger partial charge in [-0.25, -0.2) is 0 Å². The molecule has 0 bridgehead atoms. The average molecular weight is 536 g/mol. The molecule has 0 fully saturated rings. The van der Waals surface area contributed by atoms with Crippen LogP contribution in [0.2, 0.25) is 0 Å². The van der Waals surface area contributed by atoms with Gasteiger partial charge in [0.1, 0.15) is 0 Å². The Morgan fingerprint density at radius 2 is 1.12 bits per heavy atom. The predicted octanol–water partition coefficient (Wildman–Crippen LogP) is 11.1. The lowest BCUT2D eigenvalue weighted by atomic mass is 9.81. The molecule has 0 aliphatic heterocycles. The van der Waals surface area contributed by atoms with E-state index in [1.54, 1.807) is 0 Å². The van der Waals surface area contributed by atoms with Gasteiger partial charge in [0, 0.05) is 21.9 Å².